The highest BCUT2D eigenvalue weighted by atomic mass is 16.5. The number of benzene rings is 1. The lowest BCUT2D eigenvalue weighted by atomic mass is 10.2. The lowest BCUT2D eigenvalue weighted by Crippen LogP contribution is -2.38. The van der Waals surface area contributed by atoms with Crippen LogP contribution in [0.25, 0.3) is 10.9 Å². The van der Waals surface area contributed by atoms with E-state index in [4.69, 9.17) is 9.47 Å². The minimum Gasteiger partial charge on any atom is -0.460 e. The maximum absolute atomic E-state index is 12.0. The summed E-state index contributed by atoms with van der Waals surface area (Å²) < 4.78 is 10.6. The summed E-state index contributed by atoms with van der Waals surface area (Å²) >= 11 is 0. The summed E-state index contributed by atoms with van der Waals surface area (Å²) in [4.78, 5) is 17.3. The number of aromatic nitrogens is 1. The molecule has 0 saturated carbocycles. The molecule has 5 heteroatoms. The third kappa shape index (κ3) is 3.00. The number of hydrogen-bond donors (Lipinski definition) is 1. The van der Waals surface area contributed by atoms with Gasteiger partial charge in [0.05, 0.1) is 13.2 Å². The van der Waals surface area contributed by atoms with Gasteiger partial charge in [-0.1, -0.05) is 18.2 Å². The lowest BCUT2D eigenvalue weighted by Gasteiger charge is -2.26. The maximum atomic E-state index is 12.0. The fourth-order valence-electron chi connectivity index (χ4n) is 2.35. The number of morpholine rings is 1. The number of rotatable bonds is 4. The summed E-state index contributed by atoms with van der Waals surface area (Å²) in [5.41, 5.74) is 1.46. The highest BCUT2D eigenvalue weighted by Gasteiger charge is 2.13. The summed E-state index contributed by atoms with van der Waals surface area (Å²) in [6.07, 6.45) is 0. The van der Waals surface area contributed by atoms with Crippen molar-refractivity contribution in [3.8, 4) is 0 Å². The molecule has 1 aromatic carbocycles. The van der Waals surface area contributed by atoms with Crippen molar-refractivity contribution in [3.63, 3.8) is 0 Å². The first-order valence-corrected chi connectivity index (χ1v) is 6.88. The van der Waals surface area contributed by atoms with Gasteiger partial charge in [-0.15, -0.1) is 0 Å². The number of esters is 1. The molecule has 0 atom stereocenters. The number of hydrogen-bond acceptors (Lipinski definition) is 4. The molecular weight excluding hydrogens is 256 g/mol. The van der Waals surface area contributed by atoms with Crippen LogP contribution in [-0.4, -0.2) is 55.3 Å². The molecule has 0 spiro atoms. The molecule has 106 valence electrons. The molecule has 0 aliphatic carbocycles. The van der Waals surface area contributed by atoms with Gasteiger partial charge in [0.1, 0.15) is 12.3 Å². The Bertz CT molecular complexity index is 555. The van der Waals surface area contributed by atoms with Gasteiger partial charge in [-0.3, -0.25) is 4.90 Å². The minimum absolute atomic E-state index is 0.297. The average Bonchev–Trinajstić information content (AvgIpc) is 2.92. The number of carbonyl (C=O) groups excluding carboxylic acids is 1. The summed E-state index contributed by atoms with van der Waals surface area (Å²) in [5, 5.41) is 1.02. The molecule has 2 heterocycles. The third-order valence-corrected chi connectivity index (χ3v) is 3.49. The van der Waals surface area contributed by atoms with Crippen molar-refractivity contribution in [3.05, 3.63) is 36.0 Å². The van der Waals surface area contributed by atoms with E-state index in [-0.39, 0.29) is 5.97 Å². The van der Waals surface area contributed by atoms with Gasteiger partial charge in [0, 0.05) is 30.5 Å². The van der Waals surface area contributed by atoms with Crippen LogP contribution in [0.1, 0.15) is 10.5 Å². The van der Waals surface area contributed by atoms with Crippen LogP contribution in [0.5, 0.6) is 0 Å². The summed E-state index contributed by atoms with van der Waals surface area (Å²) in [5.74, 6) is -0.297. The number of ether oxygens (including phenoxy) is 2. The molecule has 1 fully saturated rings. The SMILES string of the molecule is O=C(OCCN1CCOCC1)c1cc2ccccc2[nH]1. The lowest BCUT2D eigenvalue weighted by molar-refractivity contribution is 0.0193. The topological polar surface area (TPSA) is 54.6 Å². The van der Waals surface area contributed by atoms with Crippen LogP contribution in [-0.2, 0) is 9.47 Å². The van der Waals surface area contributed by atoms with Gasteiger partial charge in [0.2, 0.25) is 0 Å². The summed E-state index contributed by atoms with van der Waals surface area (Å²) in [6.45, 7) is 4.50. The molecule has 0 amide bonds. The molecule has 0 unspecified atom stereocenters. The molecule has 0 bridgehead atoms. The zero-order valence-electron chi connectivity index (χ0n) is 11.3. The Hall–Kier alpha value is -1.85. The van der Waals surface area contributed by atoms with E-state index in [1.165, 1.54) is 0 Å². The van der Waals surface area contributed by atoms with Crippen LogP contribution in [0, 0.1) is 0 Å². The van der Waals surface area contributed by atoms with E-state index in [0.717, 1.165) is 43.8 Å². The second kappa shape index (κ2) is 6.07. The number of aromatic amines is 1. The van der Waals surface area contributed by atoms with Crippen LogP contribution >= 0.6 is 0 Å². The fourth-order valence-corrected chi connectivity index (χ4v) is 2.35. The number of carbonyl (C=O) groups is 1. The second-order valence-corrected chi connectivity index (χ2v) is 4.86. The van der Waals surface area contributed by atoms with Gasteiger partial charge in [0.25, 0.3) is 0 Å². The van der Waals surface area contributed by atoms with Crippen LogP contribution in [0.15, 0.2) is 30.3 Å². The van der Waals surface area contributed by atoms with Gasteiger partial charge >= 0.3 is 5.97 Å². The average molecular weight is 274 g/mol. The smallest absolute Gasteiger partial charge is 0.354 e. The minimum atomic E-state index is -0.297. The molecule has 0 radical (unpaired) electrons. The van der Waals surface area contributed by atoms with E-state index < -0.39 is 0 Å². The highest BCUT2D eigenvalue weighted by Crippen LogP contribution is 2.15. The predicted octanol–water partition coefficient (Wildman–Crippen LogP) is 1.66. The van der Waals surface area contributed by atoms with Crippen LogP contribution in [0.3, 0.4) is 0 Å². The number of para-hydroxylation sites is 1. The first-order chi connectivity index (χ1) is 9.83. The van der Waals surface area contributed by atoms with Gasteiger partial charge in [-0.2, -0.15) is 0 Å². The highest BCUT2D eigenvalue weighted by molar-refractivity contribution is 5.94. The van der Waals surface area contributed by atoms with Gasteiger partial charge in [-0.25, -0.2) is 4.79 Å². The fraction of sp³-hybridized carbons (Fsp3) is 0.400. The molecule has 20 heavy (non-hydrogen) atoms. The van der Waals surface area contributed by atoms with Crippen molar-refractivity contribution < 1.29 is 14.3 Å². The molecule has 1 aliphatic rings. The van der Waals surface area contributed by atoms with Gasteiger partial charge < -0.3 is 14.5 Å². The van der Waals surface area contributed by atoms with Crippen LogP contribution in [0.2, 0.25) is 0 Å². The Balaban J connectivity index is 1.53. The Morgan fingerprint density at radius 3 is 2.90 bits per heavy atom. The van der Waals surface area contributed by atoms with Crippen LogP contribution < -0.4 is 0 Å². The van der Waals surface area contributed by atoms with Gasteiger partial charge in [-0.05, 0) is 12.1 Å². The van der Waals surface area contributed by atoms with E-state index in [1.54, 1.807) is 0 Å². The first kappa shape index (κ1) is 13.1. The van der Waals surface area contributed by atoms with Crippen molar-refractivity contribution >= 4 is 16.9 Å². The molecule has 3 rings (SSSR count). The van der Waals surface area contributed by atoms with Crippen LogP contribution in [0.4, 0.5) is 0 Å². The predicted molar refractivity (Wildman–Crippen MR) is 75.8 cm³/mol. The largest absolute Gasteiger partial charge is 0.460 e. The molecule has 1 saturated heterocycles. The number of nitrogens with zero attached hydrogens (tertiary/aromatic N) is 1. The molecular formula is C15H18N2O3. The van der Waals surface area contributed by atoms with Gasteiger partial charge in [0.15, 0.2) is 0 Å². The number of fused-ring (bicyclic) bond motifs is 1. The van der Waals surface area contributed by atoms with Crippen molar-refractivity contribution in [2.24, 2.45) is 0 Å². The maximum Gasteiger partial charge on any atom is 0.354 e. The van der Waals surface area contributed by atoms with Crippen molar-refractivity contribution in [1.82, 2.24) is 9.88 Å². The molecule has 1 aliphatic heterocycles. The molecule has 5 nitrogen and oxygen atoms in total. The zero-order valence-corrected chi connectivity index (χ0v) is 11.3. The van der Waals surface area contributed by atoms with E-state index in [2.05, 4.69) is 9.88 Å². The summed E-state index contributed by atoms with van der Waals surface area (Å²) in [6, 6.07) is 9.62. The normalized spacial score (nSPS) is 16.4. The Kier molecular flexibility index (Phi) is 3.99. The third-order valence-electron chi connectivity index (χ3n) is 3.49. The van der Waals surface area contributed by atoms with Crippen molar-refractivity contribution in [1.29, 1.82) is 0 Å². The Morgan fingerprint density at radius 1 is 1.30 bits per heavy atom. The molecule has 1 N–H and O–H groups in total. The standard InChI is InChI=1S/C15H18N2O3/c18-15(20-10-7-17-5-8-19-9-6-17)14-11-12-3-1-2-4-13(12)16-14/h1-4,11,16H,5-10H2. The van der Waals surface area contributed by atoms with E-state index >= 15 is 0 Å². The van der Waals surface area contributed by atoms with E-state index in [9.17, 15) is 4.79 Å². The second-order valence-electron chi connectivity index (χ2n) is 4.86. The number of H-pyrrole nitrogens is 1. The first-order valence-electron chi connectivity index (χ1n) is 6.88. The van der Waals surface area contributed by atoms with Crippen molar-refractivity contribution in [2.75, 3.05) is 39.5 Å². The Labute approximate surface area is 117 Å². The quantitative estimate of drug-likeness (QED) is 0.861. The Morgan fingerprint density at radius 2 is 2.10 bits per heavy atom. The zero-order chi connectivity index (χ0) is 13.8. The molecule has 1 aromatic heterocycles. The summed E-state index contributed by atoms with van der Waals surface area (Å²) in [7, 11) is 0. The van der Waals surface area contributed by atoms with Crippen molar-refractivity contribution in [2.45, 2.75) is 0 Å². The van der Waals surface area contributed by atoms with E-state index in [0.29, 0.717) is 12.3 Å². The van der Waals surface area contributed by atoms with E-state index in [1.807, 2.05) is 30.3 Å². The number of nitrogens with one attached hydrogen (secondary N) is 1. The monoisotopic (exact) mass is 274 g/mol. The molecule has 2 aromatic rings.